The Morgan fingerprint density at radius 2 is 1.71 bits per heavy atom. The minimum Gasteiger partial charge on any atom is -0.236 e. The van der Waals surface area contributed by atoms with E-state index in [4.69, 9.17) is 0 Å². The Hall–Kier alpha value is -2.79. The molecule has 0 saturated heterocycles. The Bertz CT molecular complexity index is 1020. The van der Waals surface area contributed by atoms with Crippen LogP contribution in [0.1, 0.15) is 6.92 Å². The zero-order chi connectivity index (χ0) is 14.4. The van der Waals surface area contributed by atoms with Crippen molar-refractivity contribution in [3.63, 3.8) is 0 Å². The molecule has 4 rings (SSSR count). The summed E-state index contributed by atoms with van der Waals surface area (Å²) < 4.78 is 4.48. The lowest BCUT2D eigenvalue weighted by molar-refractivity contribution is -0.647. The maximum atomic E-state index is 3.08. The van der Waals surface area contributed by atoms with Crippen LogP contribution in [0.2, 0.25) is 0 Å². The molecule has 0 bridgehead atoms. The Morgan fingerprint density at radius 1 is 0.952 bits per heavy atom. The standard InChI is InChI=1S/C19H15N2/c1-14-8-3-5-11-17(14)21-18-12-6-4-9-15(18)16-10-7-13-20(2)19(16)21/h4,6-13H,1-2H3/q+1. The number of para-hydroxylation sites is 1. The summed E-state index contributed by atoms with van der Waals surface area (Å²) in [6, 6.07) is 12.8. The number of pyridine rings is 1. The largest absolute Gasteiger partial charge is 0.294 e. The van der Waals surface area contributed by atoms with Crippen molar-refractivity contribution in [3.05, 3.63) is 71.8 Å². The van der Waals surface area contributed by atoms with Gasteiger partial charge in [-0.3, -0.25) is 0 Å². The topological polar surface area (TPSA) is 8.81 Å². The third-order valence-electron chi connectivity index (χ3n) is 4.02. The van der Waals surface area contributed by atoms with Crippen LogP contribution < -0.4 is 4.57 Å². The first-order valence-electron chi connectivity index (χ1n) is 7.04. The average Bonchev–Trinajstić information content (AvgIpc) is 2.84. The second-order valence-corrected chi connectivity index (χ2v) is 5.35. The van der Waals surface area contributed by atoms with E-state index in [0.29, 0.717) is 0 Å². The van der Waals surface area contributed by atoms with Gasteiger partial charge in [-0.05, 0) is 37.3 Å². The number of fused-ring (bicyclic) bond motifs is 3. The van der Waals surface area contributed by atoms with E-state index < -0.39 is 0 Å². The van der Waals surface area contributed by atoms with Gasteiger partial charge < -0.3 is 0 Å². The number of nitrogens with zero attached hydrogens (tertiary/aromatic N) is 2. The number of allylic oxidation sites excluding steroid dienone is 4. The zero-order valence-corrected chi connectivity index (χ0v) is 12.1. The number of benzene rings is 1. The number of hydrogen-bond donors (Lipinski definition) is 0. The molecule has 1 aliphatic rings. The van der Waals surface area contributed by atoms with Crippen molar-refractivity contribution in [1.82, 2.24) is 4.57 Å². The monoisotopic (exact) mass is 271 g/mol. The fraction of sp³-hybridized carbons (Fsp3) is 0.105. The number of rotatable bonds is 1. The molecule has 0 atom stereocenters. The molecular weight excluding hydrogens is 256 g/mol. The summed E-state index contributed by atoms with van der Waals surface area (Å²) in [6.45, 7) is 2.11. The third kappa shape index (κ3) is 1.64. The maximum Gasteiger partial charge on any atom is 0.294 e. The molecule has 0 spiro atoms. The highest BCUT2D eigenvalue weighted by Crippen LogP contribution is 2.31. The smallest absolute Gasteiger partial charge is 0.236 e. The van der Waals surface area contributed by atoms with Gasteiger partial charge in [0.1, 0.15) is 11.2 Å². The summed E-state index contributed by atoms with van der Waals surface area (Å²) >= 11 is 0. The van der Waals surface area contributed by atoms with Crippen LogP contribution in [0.25, 0.3) is 27.6 Å². The fourth-order valence-electron chi connectivity index (χ4n) is 3.03. The molecule has 1 aromatic carbocycles. The molecule has 21 heavy (non-hydrogen) atoms. The van der Waals surface area contributed by atoms with Crippen molar-refractivity contribution in [2.45, 2.75) is 6.92 Å². The van der Waals surface area contributed by atoms with Crippen molar-refractivity contribution in [1.29, 1.82) is 0 Å². The third-order valence-corrected chi connectivity index (χ3v) is 4.02. The Labute approximate surface area is 123 Å². The van der Waals surface area contributed by atoms with Crippen molar-refractivity contribution < 1.29 is 4.57 Å². The molecule has 0 fully saturated rings. The van der Waals surface area contributed by atoms with Gasteiger partial charge in [-0.25, -0.2) is 4.57 Å². The van der Waals surface area contributed by atoms with Gasteiger partial charge in [0.05, 0.1) is 18.6 Å². The summed E-state index contributed by atoms with van der Waals surface area (Å²) in [5.41, 5.74) is 10.9. The molecule has 0 amide bonds. The summed E-state index contributed by atoms with van der Waals surface area (Å²) in [4.78, 5) is 0. The molecule has 0 radical (unpaired) electrons. The highest BCUT2D eigenvalue weighted by molar-refractivity contribution is 6.08. The molecule has 2 heterocycles. The maximum absolute atomic E-state index is 3.08. The Morgan fingerprint density at radius 3 is 2.57 bits per heavy atom. The van der Waals surface area contributed by atoms with Gasteiger partial charge in [0, 0.05) is 17.0 Å². The van der Waals surface area contributed by atoms with E-state index >= 15 is 0 Å². The number of aromatic nitrogens is 2. The van der Waals surface area contributed by atoms with Crippen LogP contribution in [-0.4, -0.2) is 4.57 Å². The zero-order valence-electron chi connectivity index (χ0n) is 12.1. The molecule has 2 heteroatoms. The van der Waals surface area contributed by atoms with Crippen molar-refractivity contribution in [3.8, 4) is 0 Å². The van der Waals surface area contributed by atoms with E-state index in [1.807, 2.05) is 12.2 Å². The van der Waals surface area contributed by atoms with Crippen LogP contribution in [-0.2, 0) is 7.05 Å². The van der Waals surface area contributed by atoms with Gasteiger partial charge in [-0.15, -0.1) is 0 Å². The van der Waals surface area contributed by atoms with E-state index in [0.717, 1.165) is 5.70 Å². The molecule has 0 saturated carbocycles. The van der Waals surface area contributed by atoms with Crippen molar-refractivity contribution in [2.75, 3.05) is 0 Å². The first-order valence-corrected chi connectivity index (χ1v) is 7.04. The van der Waals surface area contributed by atoms with E-state index in [2.05, 4.69) is 77.2 Å². The molecule has 100 valence electrons. The molecular formula is C19H15N2+. The first-order chi connectivity index (χ1) is 10.3. The van der Waals surface area contributed by atoms with Crippen LogP contribution >= 0.6 is 0 Å². The quantitative estimate of drug-likeness (QED) is 0.471. The summed E-state index contributed by atoms with van der Waals surface area (Å²) in [6.07, 6.45) is 6.08. The summed E-state index contributed by atoms with van der Waals surface area (Å²) in [5, 5.41) is 2.54. The number of aryl methyl sites for hydroxylation is 1. The Balaban J connectivity index is 2.26. The average molecular weight is 271 g/mol. The fourth-order valence-corrected chi connectivity index (χ4v) is 3.03. The highest BCUT2D eigenvalue weighted by Gasteiger charge is 2.22. The normalized spacial score (nSPS) is 13.8. The first kappa shape index (κ1) is 12.0. The summed E-state index contributed by atoms with van der Waals surface area (Å²) in [5.74, 6) is 0. The predicted octanol–water partition coefficient (Wildman–Crippen LogP) is 3.73. The van der Waals surface area contributed by atoms with E-state index in [-0.39, 0.29) is 0 Å². The van der Waals surface area contributed by atoms with Crippen LogP contribution in [0.5, 0.6) is 0 Å². The van der Waals surface area contributed by atoms with E-state index in [1.54, 1.807) is 0 Å². The molecule has 2 nitrogen and oxygen atoms in total. The van der Waals surface area contributed by atoms with Gasteiger partial charge >= 0.3 is 0 Å². The van der Waals surface area contributed by atoms with Gasteiger partial charge in [-0.1, -0.05) is 23.6 Å². The minimum absolute atomic E-state index is 1.15. The second kappa shape index (κ2) is 4.36. The highest BCUT2D eigenvalue weighted by atomic mass is 15.1. The molecule has 3 aromatic rings. The van der Waals surface area contributed by atoms with Crippen molar-refractivity contribution >= 4 is 27.6 Å². The molecule has 0 unspecified atom stereocenters. The molecule has 0 N–H and O–H groups in total. The van der Waals surface area contributed by atoms with Crippen LogP contribution in [0.15, 0.2) is 71.8 Å². The van der Waals surface area contributed by atoms with Gasteiger partial charge in [0.15, 0.2) is 0 Å². The van der Waals surface area contributed by atoms with E-state index in [9.17, 15) is 0 Å². The van der Waals surface area contributed by atoms with Gasteiger partial charge in [0.25, 0.3) is 5.65 Å². The predicted molar refractivity (Wildman–Crippen MR) is 85.7 cm³/mol. The summed E-state index contributed by atoms with van der Waals surface area (Å²) in [7, 11) is 2.09. The van der Waals surface area contributed by atoms with Crippen LogP contribution in [0.4, 0.5) is 0 Å². The minimum atomic E-state index is 1.15. The lowest BCUT2D eigenvalue weighted by atomic mass is 10.1. The SMILES string of the molecule is CC1=C(n2c3ccccc3c3ccc[n+](C)c32)C=C=C=C1. The van der Waals surface area contributed by atoms with E-state index in [1.165, 1.54) is 27.5 Å². The lowest BCUT2D eigenvalue weighted by Crippen LogP contribution is -2.30. The van der Waals surface area contributed by atoms with Gasteiger partial charge in [0.2, 0.25) is 0 Å². The van der Waals surface area contributed by atoms with Gasteiger partial charge in [-0.2, -0.15) is 4.57 Å². The lowest BCUT2D eigenvalue weighted by Gasteiger charge is -2.05. The molecule has 2 aromatic heterocycles. The van der Waals surface area contributed by atoms with Crippen LogP contribution in [0, 0.1) is 0 Å². The Kier molecular flexibility index (Phi) is 2.49. The van der Waals surface area contributed by atoms with Crippen LogP contribution in [0.3, 0.4) is 0 Å². The second-order valence-electron chi connectivity index (χ2n) is 5.35. The number of hydrogen-bond acceptors (Lipinski definition) is 0. The van der Waals surface area contributed by atoms with Crippen molar-refractivity contribution in [2.24, 2.45) is 7.05 Å². The molecule has 0 aliphatic heterocycles. The molecule has 1 aliphatic carbocycles.